The van der Waals surface area contributed by atoms with Crippen LogP contribution in [0.15, 0.2) is 24.3 Å². The van der Waals surface area contributed by atoms with E-state index in [1.165, 1.54) is 12.1 Å². The summed E-state index contributed by atoms with van der Waals surface area (Å²) in [6.45, 7) is 3.01. The second-order valence-electron chi connectivity index (χ2n) is 4.86. The molecule has 0 bridgehead atoms. The maximum atomic E-state index is 13.3. The molecule has 2 rings (SSSR count). The lowest BCUT2D eigenvalue weighted by Gasteiger charge is -2.37. The molecule has 0 N–H and O–H groups in total. The van der Waals surface area contributed by atoms with Gasteiger partial charge in [-0.1, -0.05) is 12.1 Å². The molecule has 1 saturated heterocycles. The topological polar surface area (TPSA) is 49.6 Å². The van der Waals surface area contributed by atoms with E-state index >= 15 is 0 Å². The molecule has 1 aromatic rings. The number of likely N-dealkylation sites (N-methyl/N-ethyl adjacent to an activating group) is 1. The summed E-state index contributed by atoms with van der Waals surface area (Å²) < 4.78 is 13.3. The van der Waals surface area contributed by atoms with Crippen LogP contribution in [0.3, 0.4) is 0 Å². The number of halogens is 1. The molecule has 5 nitrogen and oxygen atoms in total. The summed E-state index contributed by atoms with van der Waals surface area (Å²) in [7, 11) is 2.05. The maximum Gasteiger partial charge on any atom is 0.269 e. The standard InChI is InChI=1S/C13H18FN3O2/c1-15-6-8-16(9-7-15)13(10-14)11-2-4-12(5-3-11)17(18)19/h2-5,13H,6-10H2,1H3. The Bertz CT molecular complexity index is 430. The van der Waals surface area contributed by atoms with Gasteiger partial charge in [-0.2, -0.15) is 0 Å². The van der Waals surface area contributed by atoms with Crippen LogP contribution in [0.25, 0.3) is 0 Å². The number of rotatable bonds is 4. The predicted octanol–water partition coefficient (Wildman–Crippen LogP) is 1.85. The van der Waals surface area contributed by atoms with E-state index in [1.54, 1.807) is 12.1 Å². The van der Waals surface area contributed by atoms with Gasteiger partial charge in [-0.3, -0.25) is 15.0 Å². The van der Waals surface area contributed by atoms with Crippen molar-refractivity contribution in [3.63, 3.8) is 0 Å². The number of nitro groups is 1. The van der Waals surface area contributed by atoms with E-state index in [0.717, 1.165) is 31.7 Å². The zero-order valence-electron chi connectivity index (χ0n) is 11.0. The van der Waals surface area contributed by atoms with Crippen molar-refractivity contribution in [3.05, 3.63) is 39.9 Å². The zero-order chi connectivity index (χ0) is 13.8. The third-order valence-corrected chi connectivity index (χ3v) is 3.61. The molecule has 0 aromatic heterocycles. The minimum Gasteiger partial charge on any atom is -0.304 e. The van der Waals surface area contributed by atoms with Crippen molar-refractivity contribution in [3.8, 4) is 0 Å². The van der Waals surface area contributed by atoms with Crippen molar-refractivity contribution in [2.45, 2.75) is 6.04 Å². The molecule has 1 aromatic carbocycles. The van der Waals surface area contributed by atoms with Crippen molar-refractivity contribution in [1.82, 2.24) is 9.80 Å². The number of alkyl halides is 1. The molecule has 6 heteroatoms. The van der Waals surface area contributed by atoms with Crippen molar-refractivity contribution in [2.75, 3.05) is 39.9 Å². The van der Waals surface area contributed by atoms with E-state index in [4.69, 9.17) is 0 Å². The van der Waals surface area contributed by atoms with Gasteiger partial charge in [0.15, 0.2) is 0 Å². The minimum absolute atomic E-state index is 0.0414. The van der Waals surface area contributed by atoms with Crippen molar-refractivity contribution >= 4 is 5.69 Å². The number of hydrogen-bond donors (Lipinski definition) is 0. The van der Waals surface area contributed by atoms with Gasteiger partial charge in [0.05, 0.1) is 11.0 Å². The largest absolute Gasteiger partial charge is 0.304 e. The van der Waals surface area contributed by atoms with E-state index in [0.29, 0.717) is 0 Å². The number of nitro benzene ring substituents is 1. The third-order valence-electron chi connectivity index (χ3n) is 3.61. The highest BCUT2D eigenvalue weighted by Crippen LogP contribution is 2.24. The number of benzene rings is 1. The highest BCUT2D eigenvalue weighted by Gasteiger charge is 2.24. The van der Waals surface area contributed by atoms with Gasteiger partial charge < -0.3 is 4.90 Å². The van der Waals surface area contributed by atoms with Crippen molar-refractivity contribution in [2.24, 2.45) is 0 Å². The van der Waals surface area contributed by atoms with E-state index in [9.17, 15) is 14.5 Å². The highest BCUT2D eigenvalue weighted by atomic mass is 19.1. The van der Waals surface area contributed by atoms with Crippen LogP contribution < -0.4 is 0 Å². The Labute approximate surface area is 111 Å². The lowest BCUT2D eigenvalue weighted by atomic mass is 10.1. The summed E-state index contributed by atoms with van der Waals surface area (Å²) in [5, 5.41) is 10.6. The summed E-state index contributed by atoms with van der Waals surface area (Å²) in [6.07, 6.45) is 0. The summed E-state index contributed by atoms with van der Waals surface area (Å²) in [4.78, 5) is 14.5. The Morgan fingerprint density at radius 1 is 1.26 bits per heavy atom. The van der Waals surface area contributed by atoms with Gasteiger partial charge in [-0.05, 0) is 12.6 Å². The summed E-state index contributed by atoms with van der Waals surface area (Å²) >= 11 is 0. The highest BCUT2D eigenvalue weighted by molar-refractivity contribution is 5.34. The van der Waals surface area contributed by atoms with E-state index < -0.39 is 11.6 Å². The predicted molar refractivity (Wildman–Crippen MR) is 70.9 cm³/mol. The molecular formula is C13H18FN3O2. The fraction of sp³-hybridized carbons (Fsp3) is 0.538. The fourth-order valence-electron chi connectivity index (χ4n) is 2.35. The Morgan fingerprint density at radius 3 is 2.32 bits per heavy atom. The van der Waals surface area contributed by atoms with Gasteiger partial charge in [0.2, 0.25) is 0 Å². The third kappa shape index (κ3) is 3.27. The Balaban J connectivity index is 2.10. The van der Waals surface area contributed by atoms with Crippen LogP contribution >= 0.6 is 0 Å². The van der Waals surface area contributed by atoms with Crippen LogP contribution in [-0.2, 0) is 0 Å². The first-order valence-corrected chi connectivity index (χ1v) is 6.34. The Morgan fingerprint density at radius 2 is 1.84 bits per heavy atom. The number of non-ortho nitro benzene ring substituents is 1. The van der Waals surface area contributed by atoms with Crippen molar-refractivity contribution in [1.29, 1.82) is 0 Å². The lowest BCUT2D eigenvalue weighted by Crippen LogP contribution is -2.46. The first kappa shape index (κ1) is 13.9. The molecule has 0 radical (unpaired) electrons. The molecule has 19 heavy (non-hydrogen) atoms. The van der Waals surface area contributed by atoms with Gasteiger partial charge in [0.1, 0.15) is 6.67 Å². The Hall–Kier alpha value is -1.53. The molecule has 0 aliphatic carbocycles. The average Bonchev–Trinajstić information content (AvgIpc) is 2.42. The summed E-state index contributed by atoms with van der Waals surface area (Å²) in [6, 6.07) is 5.89. The maximum absolute atomic E-state index is 13.3. The molecule has 104 valence electrons. The molecule has 1 heterocycles. The van der Waals surface area contributed by atoms with Crippen LogP contribution in [0.1, 0.15) is 11.6 Å². The molecule has 1 aliphatic heterocycles. The van der Waals surface area contributed by atoms with Crippen LogP contribution in [-0.4, -0.2) is 54.6 Å². The smallest absolute Gasteiger partial charge is 0.269 e. The van der Waals surface area contributed by atoms with Gasteiger partial charge in [0.25, 0.3) is 5.69 Å². The van der Waals surface area contributed by atoms with Crippen LogP contribution in [0, 0.1) is 10.1 Å². The molecule has 0 saturated carbocycles. The average molecular weight is 267 g/mol. The first-order valence-electron chi connectivity index (χ1n) is 6.34. The van der Waals surface area contributed by atoms with Gasteiger partial charge in [-0.25, -0.2) is 4.39 Å². The zero-order valence-corrected chi connectivity index (χ0v) is 11.0. The molecule has 1 atom stereocenters. The molecular weight excluding hydrogens is 249 g/mol. The van der Waals surface area contributed by atoms with Crippen molar-refractivity contribution < 1.29 is 9.31 Å². The number of hydrogen-bond acceptors (Lipinski definition) is 4. The molecule has 1 aliphatic rings. The minimum atomic E-state index is -0.471. The lowest BCUT2D eigenvalue weighted by molar-refractivity contribution is -0.384. The molecule has 1 unspecified atom stereocenters. The summed E-state index contributed by atoms with van der Waals surface area (Å²) in [5.41, 5.74) is 0.845. The van der Waals surface area contributed by atoms with Crippen LogP contribution in [0.2, 0.25) is 0 Å². The first-order chi connectivity index (χ1) is 9.11. The number of nitrogens with zero attached hydrogens (tertiary/aromatic N) is 3. The van der Waals surface area contributed by atoms with Gasteiger partial charge >= 0.3 is 0 Å². The van der Waals surface area contributed by atoms with Crippen LogP contribution in [0.5, 0.6) is 0 Å². The second kappa shape index (κ2) is 6.08. The van der Waals surface area contributed by atoms with Crippen LogP contribution in [0.4, 0.5) is 10.1 Å². The second-order valence-corrected chi connectivity index (χ2v) is 4.86. The normalized spacial score (nSPS) is 19.3. The molecule has 1 fully saturated rings. The SMILES string of the molecule is CN1CCN(C(CF)c2ccc([N+](=O)[O-])cc2)CC1. The van der Waals surface area contributed by atoms with Gasteiger partial charge in [-0.15, -0.1) is 0 Å². The number of piperazine rings is 1. The van der Waals surface area contributed by atoms with E-state index in [2.05, 4.69) is 9.80 Å². The van der Waals surface area contributed by atoms with Gasteiger partial charge in [0, 0.05) is 38.3 Å². The molecule has 0 spiro atoms. The Kier molecular flexibility index (Phi) is 4.44. The molecule has 0 amide bonds. The quantitative estimate of drug-likeness (QED) is 0.617. The van der Waals surface area contributed by atoms with E-state index in [-0.39, 0.29) is 11.7 Å². The summed E-state index contributed by atoms with van der Waals surface area (Å²) in [5.74, 6) is 0. The fourth-order valence-corrected chi connectivity index (χ4v) is 2.35. The van der Waals surface area contributed by atoms with E-state index in [1.807, 2.05) is 7.05 Å². The monoisotopic (exact) mass is 267 g/mol.